The summed E-state index contributed by atoms with van der Waals surface area (Å²) < 4.78 is 4.91. The number of aliphatic hydroxyl groups is 1. The quantitative estimate of drug-likeness (QED) is 0.393. The van der Waals surface area contributed by atoms with E-state index in [-0.39, 0.29) is 6.61 Å². The van der Waals surface area contributed by atoms with Crippen molar-refractivity contribution in [3.63, 3.8) is 0 Å². The van der Waals surface area contributed by atoms with Gasteiger partial charge >= 0.3 is 0 Å². The Balaban J connectivity index is 2.45. The van der Waals surface area contributed by atoms with Gasteiger partial charge in [0, 0.05) is 13.2 Å². The number of aliphatic hydroxyl groups excluding tert-OH is 1. The molecule has 0 unspecified atom stereocenters. The van der Waals surface area contributed by atoms with Gasteiger partial charge in [-0.05, 0) is 6.42 Å². The molecule has 0 saturated carbocycles. The Kier molecular flexibility index (Phi) is 5.97. The van der Waals surface area contributed by atoms with Crippen LogP contribution in [-0.4, -0.2) is 25.8 Å². The van der Waals surface area contributed by atoms with Gasteiger partial charge in [0.05, 0.1) is 0 Å². The summed E-state index contributed by atoms with van der Waals surface area (Å²) in [6.07, 6.45) is 0.758. The van der Waals surface area contributed by atoms with E-state index < -0.39 is 0 Å². The van der Waals surface area contributed by atoms with Gasteiger partial charge in [-0.15, -0.1) is 0 Å². The van der Waals surface area contributed by atoms with E-state index in [4.69, 9.17) is 9.76 Å². The second-order valence-corrected chi connectivity index (χ2v) is 1.27. The largest absolute Gasteiger partial charge is 0.440 e. The van der Waals surface area contributed by atoms with Crippen LogP contribution in [0.25, 0.3) is 0 Å². The Labute approximate surface area is 44.8 Å². The van der Waals surface area contributed by atoms with Gasteiger partial charge in [0.1, 0.15) is 0 Å². The summed E-state index contributed by atoms with van der Waals surface area (Å²) >= 11 is 0. The molecule has 0 rings (SSSR count). The molecule has 3 heteroatoms. The third kappa shape index (κ3) is 5.98. The van der Waals surface area contributed by atoms with Crippen molar-refractivity contribution in [3.8, 4) is 0 Å². The molecule has 0 fully saturated rings. The highest BCUT2D eigenvalue weighted by Gasteiger charge is 1.80. The fraction of sp³-hybridized carbons (Fsp3) is 1.00. The topological polar surface area (TPSA) is 29.5 Å². The molecule has 7 heavy (non-hydrogen) atoms. The molecule has 42 valence electrons. The van der Waals surface area contributed by atoms with Gasteiger partial charge in [0.25, 0.3) is 7.48 Å². The lowest BCUT2D eigenvalue weighted by Gasteiger charge is -1.93. The summed E-state index contributed by atoms with van der Waals surface area (Å²) in [6.45, 7) is 2.87. The molecule has 0 aliphatic carbocycles. The van der Waals surface area contributed by atoms with E-state index in [0.717, 1.165) is 13.9 Å². The lowest BCUT2D eigenvalue weighted by atomic mass is 10.1. The smallest absolute Gasteiger partial charge is 0.271 e. The summed E-state index contributed by atoms with van der Waals surface area (Å²) in [5, 5.41) is 8.21. The molecule has 0 radical (unpaired) electrons. The minimum absolute atomic E-state index is 0.236. The van der Waals surface area contributed by atoms with Crippen LogP contribution in [0.3, 0.4) is 0 Å². The fourth-order valence-corrected chi connectivity index (χ4v) is 0.311. The maximum Gasteiger partial charge on any atom is 0.271 e. The van der Waals surface area contributed by atoms with Crippen LogP contribution in [0.2, 0.25) is 6.82 Å². The fourth-order valence-electron chi connectivity index (χ4n) is 0.311. The van der Waals surface area contributed by atoms with Crippen molar-refractivity contribution in [2.24, 2.45) is 0 Å². The van der Waals surface area contributed by atoms with E-state index >= 15 is 0 Å². The highest BCUT2D eigenvalue weighted by atomic mass is 16.4. The zero-order valence-corrected chi connectivity index (χ0v) is 4.68. The maximum absolute atomic E-state index is 8.21. The molecule has 0 aliphatic heterocycles. The predicted octanol–water partition coefficient (Wildman–Crippen LogP) is -0.215. The first-order chi connectivity index (χ1) is 3.41. The van der Waals surface area contributed by atoms with E-state index in [0.29, 0.717) is 6.61 Å². The van der Waals surface area contributed by atoms with Crippen LogP contribution < -0.4 is 0 Å². The van der Waals surface area contributed by atoms with Crippen molar-refractivity contribution < 1.29 is 9.76 Å². The summed E-state index contributed by atoms with van der Waals surface area (Å²) in [5.41, 5.74) is 0. The number of rotatable bonds is 4. The minimum atomic E-state index is 0.236. The van der Waals surface area contributed by atoms with Gasteiger partial charge in [-0.3, -0.25) is 0 Å². The average molecular weight is 102 g/mol. The number of hydrogen-bond donors (Lipinski definition) is 1. The lowest BCUT2D eigenvalue weighted by Crippen LogP contribution is -1.97. The molecular formula is C4H11BO2. The van der Waals surface area contributed by atoms with Gasteiger partial charge in [-0.2, -0.15) is 0 Å². The molecule has 0 aromatic rings. The number of hydrogen-bond acceptors (Lipinski definition) is 2. The zero-order valence-electron chi connectivity index (χ0n) is 4.68. The van der Waals surface area contributed by atoms with Crippen molar-refractivity contribution in [2.45, 2.75) is 13.2 Å². The minimum Gasteiger partial charge on any atom is -0.440 e. The van der Waals surface area contributed by atoms with Crippen LogP contribution in [-0.2, 0) is 4.65 Å². The van der Waals surface area contributed by atoms with Gasteiger partial charge in [-0.25, -0.2) is 0 Å². The van der Waals surface area contributed by atoms with Gasteiger partial charge in [-0.1, -0.05) is 6.82 Å². The molecule has 2 nitrogen and oxygen atoms in total. The molecule has 0 atom stereocenters. The Morgan fingerprint density at radius 1 is 1.71 bits per heavy atom. The van der Waals surface area contributed by atoms with Gasteiger partial charge in [0.2, 0.25) is 0 Å². The molecular weight excluding hydrogens is 90.9 g/mol. The first-order valence-electron chi connectivity index (χ1n) is 2.60. The van der Waals surface area contributed by atoms with Crippen LogP contribution in [0.5, 0.6) is 0 Å². The average Bonchev–Trinajstić information content (AvgIpc) is 1.69. The van der Waals surface area contributed by atoms with Crippen LogP contribution in [0.4, 0.5) is 0 Å². The molecule has 0 aromatic carbocycles. The van der Waals surface area contributed by atoms with Crippen molar-refractivity contribution in [2.75, 3.05) is 13.2 Å². The third-order valence-electron chi connectivity index (χ3n) is 0.651. The highest BCUT2D eigenvalue weighted by molar-refractivity contribution is 6.24. The highest BCUT2D eigenvalue weighted by Crippen LogP contribution is 1.75. The van der Waals surface area contributed by atoms with E-state index in [2.05, 4.69) is 0 Å². The molecule has 1 N–H and O–H groups in total. The van der Waals surface area contributed by atoms with Crippen molar-refractivity contribution >= 4 is 7.48 Å². The molecule has 0 amide bonds. The summed E-state index contributed by atoms with van der Waals surface area (Å²) in [4.78, 5) is 0. The van der Waals surface area contributed by atoms with Gasteiger partial charge in [0.15, 0.2) is 0 Å². The second-order valence-electron chi connectivity index (χ2n) is 1.27. The normalized spacial score (nSPS) is 8.86. The molecule has 0 aliphatic rings. The lowest BCUT2D eigenvalue weighted by molar-refractivity contribution is 0.239. The van der Waals surface area contributed by atoms with Crippen molar-refractivity contribution in [1.82, 2.24) is 0 Å². The first-order valence-corrected chi connectivity index (χ1v) is 2.60. The van der Waals surface area contributed by atoms with E-state index in [9.17, 15) is 0 Å². The SMILES string of the molecule is CBOCCCO. The summed E-state index contributed by atoms with van der Waals surface area (Å²) in [6, 6.07) is 0. The van der Waals surface area contributed by atoms with Crippen molar-refractivity contribution in [1.29, 1.82) is 0 Å². The summed E-state index contributed by atoms with van der Waals surface area (Å²) in [5.74, 6) is 0. The van der Waals surface area contributed by atoms with Gasteiger partial charge < -0.3 is 9.76 Å². The van der Waals surface area contributed by atoms with E-state index in [1.807, 2.05) is 6.82 Å². The zero-order chi connectivity index (χ0) is 5.54. The van der Waals surface area contributed by atoms with Crippen LogP contribution in [0.15, 0.2) is 0 Å². The Morgan fingerprint density at radius 2 is 2.43 bits per heavy atom. The predicted molar refractivity (Wildman–Crippen MR) is 30.7 cm³/mol. The first kappa shape index (κ1) is 6.98. The molecule has 0 aromatic heterocycles. The Morgan fingerprint density at radius 3 is 2.86 bits per heavy atom. The molecule has 0 spiro atoms. The van der Waals surface area contributed by atoms with Crippen molar-refractivity contribution in [3.05, 3.63) is 0 Å². The Bertz CT molecular complexity index is 28.9. The maximum atomic E-state index is 8.21. The van der Waals surface area contributed by atoms with Crippen LogP contribution in [0, 0.1) is 0 Å². The van der Waals surface area contributed by atoms with E-state index in [1.165, 1.54) is 0 Å². The third-order valence-corrected chi connectivity index (χ3v) is 0.651. The van der Waals surface area contributed by atoms with Crippen LogP contribution in [0.1, 0.15) is 6.42 Å². The monoisotopic (exact) mass is 102 g/mol. The molecule has 0 saturated heterocycles. The molecule has 0 heterocycles. The second kappa shape index (κ2) is 5.98. The van der Waals surface area contributed by atoms with E-state index in [1.54, 1.807) is 0 Å². The standard InChI is InChI=1S/C4H11BO2/c1-5-7-4-2-3-6/h5-6H,2-4H2,1H3. The molecule has 0 bridgehead atoms. The Hall–Kier alpha value is -0.0151. The summed E-state index contributed by atoms with van der Waals surface area (Å²) in [7, 11) is 0.750. The van der Waals surface area contributed by atoms with Crippen LogP contribution >= 0.6 is 0 Å².